The number of hydrogen-bond acceptors (Lipinski definition) is 9. The molecular weight excluding hydrogens is 757 g/mol. The Morgan fingerprint density at radius 1 is 0.683 bits per heavy atom. The normalized spacial score (nSPS) is 22.8. The van der Waals surface area contributed by atoms with E-state index in [-0.39, 0.29) is 12.5 Å². The van der Waals surface area contributed by atoms with E-state index in [0.717, 1.165) is 27.8 Å². The van der Waals surface area contributed by atoms with Crippen molar-refractivity contribution in [2.24, 2.45) is 5.92 Å². The monoisotopic (exact) mass is 812 g/mol. The van der Waals surface area contributed by atoms with E-state index in [2.05, 4.69) is 13.2 Å². The second kappa shape index (κ2) is 22.6. The van der Waals surface area contributed by atoms with Gasteiger partial charge in [-0.25, -0.2) is 0 Å². The average molecular weight is 813 g/mol. The molecule has 0 aromatic heterocycles. The Morgan fingerprint density at radius 3 is 1.78 bits per heavy atom. The minimum absolute atomic E-state index is 0.182. The molecule has 9 nitrogen and oxygen atoms in total. The van der Waals surface area contributed by atoms with Gasteiger partial charge in [-0.15, -0.1) is 6.58 Å². The molecule has 0 aliphatic carbocycles. The van der Waals surface area contributed by atoms with Crippen LogP contribution in [0, 0.1) is 5.92 Å². The summed E-state index contributed by atoms with van der Waals surface area (Å²) in [5.74, 6) is 0.196. The van der Waals surface area contributed by atoms with Crippen molar-refractivity contribution in [3.63, 3.8) is 0 Å². The SMILES string of the molecule is C=C[C@@H](OCc1ccccc1)[C@H](OCc1ccccc1)[C@@H](COCc1ccccc1)OC(=C)C[C@@H]1[C@@H](OCc2ccccc2)[C@@H](OC)O[C@@H]2COC(c3ccccc3)O[C@@H]12. The number of rotatable bonds is 22. The van der Waals surface area contributed by atoms with Gasteiger partial charge in [0.25, 0.3) is 0 Å². The van der Waals surface area contributed by atoms with E-state index in [0.29, 0.717) is 45.2 Å². The molecule has 2 fully saturated rings. The first-order valence-electron chi connectivity index (χ1n) is 20.6. The summed E-state index contributed by atoms with van der Waals surface area (Å²) in [6.45, 7) is 10.6. The topological polar surface area (TPSA) is 83.1 Å². The predicted molar refractivity (Wildman–Crippen MR) is 229 cm³/mol. The smallest absolute Gasteiger partial charge is 0.184 e. The average Bonchev–Trinajstić information content (AvgIpc) is 3.30. The van der Waals surface area contributed by atoms with Crippen LogP contribution < -0.4 is 0 Å². The van der Waals surface area contributed by atoms with E-state index >= 15 is 0 Å². The van der Waals surface area contributed by atoms with Crippen LogP contribution in [0.3, 0.4) is 0 Å². The lowest BCUT2D eigenvalue weighted by molar-refractivity contribution is -0.356. The highest BCUT2D eigenvalue weighted by Crippen LogP contribution is 2.41. The minimum atomic E-state index is -0.697. The Labute approximate surface area is 354 Å². The minimum Gasteiger partial charge on any atom is -0.490 e. The van der Waals surface area contributed by atoms with Crippen LogP contribution >= 0.6 is 0 Å². The van der Waals surface area contributed by atoms with Crippen molar-refractivity contribution in [2.75, 3.05) is 20.3 Å². The van der Waals surface area contributed by atoms with Gasteiger partial charge in [-0.1, -0.05) is 164 Å². The molecule has 2 heterocycles. The summed E-state index contributed by atoms with van der Waals surface area (Å²) in [6.07, 6.45) is -2.43. The van der Waals surface area contributed by atoms with E-state index < -0.39 is 49.2 Å². The fraction of sp³-hybridized carbons (Fsp3) is 0.333. The van der Waals surface area contributed by atoms with Crippen LogP contribution in [0.25, 0.3) is 0 Å². The van der Waals surface area contributed by atoms with E-state index in [9.17, 15) is 0 Å². The lowest BCUT2D eigenvalue weighted by atomic mass is 9.84. The van der Waals surface area contributed by atoms with Crippen molar-refractivity contribution in [1.82, 2.24) is 0 Å². The summed E-state index contributed by atoms with van der Waals surface area (Å²) in [6, 6.07) is 50.1. The van der Waals surface area contributed by atoms with Crippen LogP contribution in [-0.4, -0.2) is 63.2 Å². The van der Waals surface area contributed by atoms with Crippen LogP contribution in [0.15, 0.2) is 177 Å². The molecule has 0 saturated carbocycles. The summed E-state index contributed by atoms with van der Waals surface area (Å²) in [5, 5.41) is 0. The number of ether oxygens (including phenoxy) is 9. The fourth-order valence-corrected chi connectivity index (χ4v) is 7.69. The molecule has 7 rings (SSSR count). The maximum Gasteiger partial charge on any atom is 0.184 e. The molecule has 1 unspecified atom stereocenters. The van der Waals surface area contributed by atoms with Gasteiger partial charge in [0, 0.05) is 25.0 Å². The standard InChI is InChI=1S/C51H56O9/c1-4-44(54-32-39-22-12-6-13-23-39)49(56-34-41-26-16-8-17-27-41)45(35-53-31-38-20-10-5-11-21-38)58-37(2)30-43-47-46(36-57-50(60-47)42-28-18-9-19-29-42)59-51(52-3)48(43)55-33-40-24-14-7-15-25-40/h4-29,43-51H,1-2,30-36H2,3H3/t43-,44+,45+,46+,47-,48+,49-,50?,51-/m0/s1. The molecule has 0 amide bonds. The maximum atomic E-state index is 6.95. The second-order valence-electron chi connectivity index (χ2n) is 15.0. The molecule has 0 radical (unpaired) electrons. The van der Waals surface area contributed by atoms with Crippen molar-refractivity contribution >= 4 is 0 Å². The zero-order valence-corrected chi connectivity index (χ0v) is 34.2. The van der Waals surface area contributed by atoms with E-state index in [1.54, 1.807) is 13.2 Å². The van der Waals surface area contributed by atoms with Crippen LogP contribution in [0.4, 0.5) is 0 Å². The molecule has 5 aromatic carbocycles. The summed E-state index contributed by atoms with van der Waals surface area (Å²) >= 11 is 0. The van der Waals surface area contributed by atoms with Gasteiger partial charge in [-0.3, -0.25) is 0 Å². The highest BCUT2D eigenvalue weighted by atomic mass is 16.8. The van der Waals surface area contributed by atoms with Crippen molar-refractivity contribution in [1.29, 1.82) is 0 Å². The molecule has 314 valence electrons. The summed E-state index contributed by atoms with van der Waals surface area (Å²) < 4.78 is 58.9. The number of methoxy groups -OCH3 is 1. The third kappa shape index (κ3) is 12.1. The Bertz CT molecular complexity index is 1980. The molecule has 0 N–H and O–H groups in total. The molecule has 9 heteroatoms. The van der Waals surface area contributed by atoms with Crippen LogP contribution in [0.2, 0.25) is 0 Å². The molecular formula is C51H56O9. The van der Waals surface area contributed by atoms with Gasteiger partial charge < -0.3 is 42.6 Å². The first-order chi connectivity index (χ1) is 29.6. The maximum absolute atomic E-state index is 6.95. The predicted octanol–water partition coefficient (Wildman–Crippen LogP) is 9.54. The Kier molecular flexibility index (Phi) is 16.3. The third-order valence-corrected chi connectivity index (χ3v) is 10.7. The molecule has 9 atom stereocenters. The van der Waals surface area contributed by atoms with Crippen molar-refractivity contribution in [3.8, 4) is 0 Å². The van der Waals surface area contributed by atoms with Gasteiger partial charge in [0.1, 0.15) is 24.4 Å². The van der Waals surface area contributed by atoms with Crippen molar-refractivity contribution < 1.29 is 42.6 Å². The van der Waals surface area contributed by atoms with E-state index in [4.69, 9.17) is 42.6 Å². The third-order valence-electron chi connectivity index (χ3n) is 10.7. The van der Waals surface area contributed by atoms with Crippen LogP contribution in [-0.2, 0) is 69.1 Å². The van der Waals surface area contributed by atoms with Gasteiger partial charge in [0.15, 0.2) is 18.7 Å². The van der Waals surface area contributed by atoms with E-state index in [1.165, 1.54) is 0 Å². The van der Waals surface area contributed by atoms with Crippen molar-refractivity contribution in [2.45, 2.75) is 82.1 Å². The van der Waals surface area contributed by atoms with Gasteiger partial charge >= 0.3 is 0 Å². The molecule has 60 heavy (non-hydrogen) atoms. The highest BCUT2D eigenvalue weighted by molar-refractivity contribution is 5.18. The number of hydrogen-bond donors (Lipinski definition) is 0. The fourth-order valence-electron chi connectivity index (χ4n) is 7.69. The number of fused-ring (bicyclic) bond motifs is 1. The molecule has 0 bridgehead atoms. The summed E-state index contributed by atoms with van der Waals surface area (Å²) in [5.41, 5.74) is 5.03. The molecule has 2 saturated heterocycles. The lowest BCUT2D eigenvalue weighted by Crippen LogP contribution is -2.60. The Morgan fingerprint density at radius 2 is 1.22 bits per heavy atom. The summed E-state index contributed by atoms with van der Waals surface area (Å²) in [4.78, 5) is 0. The molecule has 5 aromatic rings. The largest absolute Gasteiger partial charge is 0.490 e. The number of allylic oxidation sites excluding steroid dienone is 1. The lowest BCUT2D eigenvalue weighted by Gasteiger charge is -2.49. The van der Waals surface area contributed by atoms with Gasteiger partial charge in [0.05, 0.1) is 51.5 Å². The quantitative estimate of drug-likeness (QED) is 0.0502. The Hall–Kier alpha value is -4.94. The van der Waals surface area contributed by atoms with Gasteiger partial charge in [0.2, 0.25) is 0 Å². The number of benzene rings is 5. The van der Waals surface area contributed by atoms with Crippen LogP contribution in [0.5, 0.6) is 0 Å². The zero-order valence-electron chi connectivity index (χ0n) is 34.2. The molecule has 2 aliphatic heterocycles. The first kappa shape index (κ1) is 43.2. The first-order valence-corrected chi connectivity index (χ1v) is 20.6. The Balaban J connectivity index is 1.17. The van der Waals surface area contributed by atoms with Gasteiger partial charge in [-0.05, 0) is 22.3 Å². The van der Waals surface area contributed by atoms with Crippen molar-refractivity contribution in [3.05, 3.63) is 204 Å². The highest BCUT2D eigenvalue weighted by Gasteiger charge is 2.51. The van der Waals surface area contributed by atoms with Gasteiger partial charge in [-0.2, -0.15) is 0 Å². The van der Waals surface area contributed by atoms with Crippen LogP contribution in [0.1, 0.15) is 40.5 Å². The molecule has 0 spiro atoms. The molecule has 2 aliphatic rings. The second-order valence-corrected chi connectivity index (χ2v) is 15.0. The summed E-state index contributed by atoms with van der Waals surface area (Å²) in [7, 11) is 1.63. The van der Waals surface area contributed by atoms with E-state index in [1.807, 2.05) is 152 Å². The zero-order chi connectivity index (χ0) is 41.4.